The second-order valence-electron chi connectivity index (χ2n) is 6.52. The summed E-state index contributed by atoms with van der Waals surface area (Å²) in [5, 5.41) is 14.1. The molecule has 5 rings (SSSR count). The quantitative estimate of drug-likeness (QED) is 0.537. The van der Waals surface area contributed by atoms with Gasteiger partial charge in [0.25, 0.3) is 0 Å². The van der Waals surface area contributed by atoms with Crippen LogP contribution < -0.4 is 10.6 Å². The molecule has 0 radical (unpaired) electrons. The Labute approximate surface area is 150 Å². The van der Waals surface area contributed by atoms with Crippen LogP contribution in [0.2, 0.25) is 0 Å². The Morgan fingerprint density at radius 3 is 2.23 bits per heavy atom. The molecule has 128 valence electrons. The summed E-state index contributed by atoms with van der Waals surface area (Å²) in [6.45, 7) is 1.99. The van der Waals surface area contributed by atoms with Crippen molar-refractivity contribution in [2.24, 2.45) is 0 Å². The molecule has 0 spiro atoms. The molecule has 0 fully saturated rings. The summed E-state index contributed by atoms with van der Waals surface area (Å²) in [7, 11) is 0. The van der Waals surface area contributed by atoms with Gasteiger partial charge in [-0.15, -0.1) is 0 Å². The van der Waals surface area contributed by atoms with E-state index < -0.39 is 0 Å². The first-order chi connectivity index (χ1) is 12.7. The van der Waals surface area contributed by atoms with Gasteiger partial charge < -0.3 is 10.6 Å². The molecule has 1 aliphatic heterocycles. The van der Waals surface area contributed by atoms with E-state index in [2.05, 4.69) is 52.1 Å². The van der Waals surface area contributed by atoms with Gasteiger partial charge in [-0.1, -0.05) is 24.3 Å². The number of hydrogen-bond donors (Lipinski definition) is 2. The molecule has 0 aliphatic carbocycles. The average Bonchev–Trinajstić information content (AvgIpc) is 3.04. The second-order valence-corrected chi connectivity index (χ2v) is 6.52. The molecule has 0 saturated heterocycles. The summed E-state index contributed by atoms with van der Waals surface area (Å²) in [5.41, 5.74) is 5.03. The fraction of sp³-hybridized carbons (Fsp3) is 0.0952. The largest absolute Gasteiger partial charge is 0.361 e. The summed E-state index contributed by atoms with van der Waals surface area (Å²) in [6, 6.07) is 18.9. The van der Waals surface area contributed by atoms with Crippen LogP contribution in [0.5, 0.6) is 0 Å². The van der Waals surface area contributed by atoms with Crippen molar-refractivity contribution in [3.05, 3.63) is 83.9 Å². The number of nitrogens with one attached hydrogen (secondary N) is 2. The maximum Gasteiger partial charge on any atom is 0.126 e. The summed E-state index contributed by atoms with van der Waals surface area (Å²) in [5.74, 6) is -0.252. The molecular formula is C21H17FN4. The van der Waals surface area contributed by atoms with Crippen LogP contribution in [0, 0.1) is 12.7 Å². The van der Waals surface area contributed by atoms with Gasteiger partial charge in [0, 0.05) is 28.5 Å². The third-order valence-electron chi connectivity index (χ3n) is 4.84. The highest BCUT2D eigenvalue weighted by Crippen LogP contribution is 2.38. The van der Waals surface area contributed by atoms with Crippen LogP contribution in [0.3, 0.4) is 0 Å². The van der Waals surface area contributed by atoms with E-state index in [0.29, 0.717) is 0 Å². The Hall–Kier alpha value is -3.34. The maximum absolute atomic E-state index is 13.2. The minimum atomic E-state index is -0.252. The number of rotatable bonds is 2. The molecule has 1 aliphatic rings. The van der Waals surface area contributed by atoms with Crippen molar-refractivity contribution in [3.8, 4) is 5.69 Å². The van der Waals surface area contributed by atoms with Gasteiger partial charge in [0.1, 0.15) is 12.0 Å². The van der Waals surface area contributed by atoms with Gasteiger partial charge in [0.15, 0.2) is 0 Å². The molecule has 4 nitrogen and oxygen atoms in total. The highest BCUT2D eigenvalue weighted by Gasteiger charge is 2.23. The number of aromatic nitrogens is 2. The van der Waals surface area contributed by atoms with Gasteiger partial charge in [0.2, 0.25) is 0 Å². The molecule has 0 amide bonds. The summed E-state index contributed by atoms with van der Waals surface area (Å²) < 4.78 is 15.0. The number of halogens is 1. The second kappa shape index (κ2) is 5.59. The number of anilines is 2. The number of hydrogen-bond acceptors (Lipinski definition) is 3. The van der Waals surface area contributed by atoms with E-state index in [0.717, 1.165) is 28.3 Å². The van der Waals surface area contributed by atoms with Crippen LogP contribution in [0.15, 0.2) is 66.9 Å². The van der Waals surface area contributed by atoms with E-state index >= 15 is 0 Å². The van der Waals surface area contributed by atoms with Crippen LogP contribution >= 0.6 is 0 Å². The van der Waals surface area contributed by atoms with Gasteiger partial charge in [-0.3, -0.25) is 0 Å². The highest BCUT2D eigenvalue weighted by molar-refractivity contribution is 6.04. The molecule has 5 heteroatoms. The molecule has 1 aromatic heterocycles. The fourth-order valence-electron chi connectivity index (χ4n) is 3.57. The summed E-state index contributed by atoms with van der Waals surface area (Å²) >= 11 is 0. The van der Waals surface area contributed by atoms with Crippen LogP contribution in [0.4, 0.5) is 15.8 Å². The lowest BCUT2D eigenvalue weighted by Gasteiger charge is -2.29. The SMILES string of the molecule is Cc1nn(-c2ccc(F)cc2)cc1C1Nc2cccc3cccc(c23)N1. The summed E-state index contributed by atoms with van der Waals surface area (Å²) in [6.07, 6.45) is 1.91. The lowest BCUT2D eigenvalue weighted by molar-refractivity contribution is 0.627. The Morgan fingerprint density at radius 1 is 0.923 bits per heavy atom. The Kier molecular flexibility index (Phi) is 3.22. The Morgan fingerprint density at radius 2 is 1.58 bits per heavy atom. The van der Waals surface area contributed by atoms with Crippen molar-refractivity contribution < 1.29 is 4.39 Å². The molecule has 2 heterocycles. The predicted molar refractivity (Wildman–Crippen MR) is 102 cm³/mol. The third-order valence-corrected chi connectivity index (χ3v) is 4.84. The lowest BCUT2D eigenvalue weighted by Crippen LogP contribution is -2.23. The zero-order valence-electron chi connectivity index (χ0n) is 14.2. The van der Waals surface area contributed by atoms with E-state index in [4.69, 9.17) is 0 Å². The van der Waals surface area contributed by atoms with Crippen LogP contribution in [0.1, 0.15) is 17.4 Å². The van der Waals surface area contributed by atoms with Crippen molar-refractivity contribution in [2.75, 3.05) is 10.6 Å². The highest BCUT2D eigenvalue weighted by atomic mass is 19.1. The molecule has 2 N–H and O–H groups in total. The van der Waals surface area contributed by atoms with Crippen LogP contribution in [-0.4, -0.2) is 9.78 Å². The molecule has 4 aromatic rings. The topological polar surface area (TPSA) is 41.9 Å². The zero-order chi connectivity index (χ0) is 17.7. The van der Waals surface area contributed by atoms with Crippen molar-refractivity contribution in [2.45, 2.75) is 13.1 Å². The number of nitrogens with zero attached hydrogens (tertiary/aromatic N) is 2. The first-order valence-corrected chi connectivity index (χ1v) is 8.56. The fourth-order valence-corrected chi connectivity index (χ4v) is 3.57. The van der Waals surface area contributed by atoms with E-state index in [9.17, 15) is 4.39 Å². The van der Waals surface area contributed by atoms with E-state index in [1.54, 1.807) is 16.8 Å². The zero-order valence-corrected chi connectivity index (χ0v) is 14.2. The van der Waals surface area contributed by atoms with E-state index in [-0.39, 0.29) is 12.0 Å². The van der Waals surface area contributed by atoms with Gasteiger partial charge in [-0.25, -0.2) is 9.07 Å². The van der Waals surface area contributed by atoms with E-state index in [1.807, 2.05) is 13.1 Å². The van der Waals surface area contributed by atoms with Crippen LogP contribution in [0.25, 0.3) is 16.5 Å². The smallest absolute Gasteiger partial charge is 0.126 e. The normalized spacial score (nSPS) is 13.5. The molecule has 0 bridgehead atoms. The van der Waals surface area contributed by atoms with Gasteiger partial charge >= 0.3 is 0 Å². The molecule has 26 heavy (non-hydrogen) atoms. The average molecular weight is 344 g/mol. The number of aryl methyl sites for hydroxylation is 1. The van der Waals surface area contributed by atoms with Crippen LogP contribution in [-0.2, 0) is 0 Å². The van der Waals surface area contributed by atoms with Crippen molar-refractivity contribution >= 4 is 22.1 Å². The minimum absolute atomic E-state index is 0.0790. The number of benzene rings is 3. The first-order valence-electron chi connectivity index (χ1n) is 8.56. The minimum Gasteiger partial charge on any atom is -0.361 e. The predicted octanol–water partition coefficient (Wildman–Crippen LogP) is 5.01. The molecule has 0 unspecified atom stereocenters. The van der Waals surface area contributed by atoms with Gasteiger partial charge in [0.05, 0.1) is 11.4 Å². The van der Waals surface area contributed by atoms with Gasteiger partial charge in [-0.05, 0) is 48.7 Å². The third kappa shape index (κ3) is 2.32. The standard InChI is InChI=1S/C21H17FN4/c1-13-17(12-26(25-13)16-10-8-15(22)9-11-16)21-23-18-6-2-4-14-5-3-7-19(24-21)20(14)18/h2-12,21,23-24H,1H3. The van der Waals surface area contributed by atoms with E-state index in [1.165, 1.54) is 22.9 Å². The molecular weight excluding hydrogens is 327 g/mol. The van der Waals surface area contributed by atoms with Gasteiger partial charge in [-0.2, -0.15) is 5.10 Å². The monoisotopic (exact) mass is 344 g/mol. The maximum atomic E-state index is 13.2. The molecule has 0 saturated carbocycles. The lowest BCUT2D eigenvalue weighted by atomic mass is 10.0. The molecule has 0 atom stereocenters. The van der Waals surface area contributed by atoms with Crippen molar-refractivity contribution in [1.82, 2.24) is 9.78 Å². The molecule has 3 aromatic carbocycles. The van der Waals surface area contributed by atoms with Crippen molar-refractivity contribution in [3.63, 3.8) is 0 Å². The van der Waals surface area contributed by atoms with Crippen molar-refractivity contribution in [1.29, 1.82) is 0 Å². The Balaban J connectivity index is 1.54. The Bertz CT molecular complexity index is 1070. The summed E-state index contributed by atoms with van der Waals surface area (Å²) in [4.78, 5) is 0. The first kappa shape index (κ1) is 15.0.